The zero-order chi connectivity index (χ0) is 25.3. The summed E-state index contributed by atoms with van der Waals surface area (Å²) in [6, 6.07) is 22.5. The Bertz CT molecular complexity index is 1170. The highest BCUT2D eigenvalue weighted by molar-refractivity contribution is 5.95. The molecule has 1 aliphatic rings. The van der Waals surface area contributed by atoms with Crippen LogP contribution in [0.2, 0.25) is 0 Å². The first-order chi connectivity index (χ1) is 17.6. The number of allylic oxidation sites excluding steroid dienone is 1. The highest BCUT2D eigenvalue weighted by atomic mass is 16.5. The quantitative estimate of drug-likeness (QED) is 0.423. The lowest BCUT2D eigenvalue weighted by Gasteiger charge is -2.36. The van der Waals surface area contributed by atoms with E-state index in [1.165, 1.54) is 11.3 Å². The SMILES string of the molecule is C=CCc1cc(C(=O)NCc2ccccc2CN2CCN(c3ccccc3)CC2)cc(OC)c1OC. The van der Waals surface area contributed by atoms with Gasteiger partial charge in [-0.25, -0.2) is 0 Å². The maximum Gasteiger partial charge on any atom is 0.251 e. The lowest BCUT2D eigenvalue weighted by Crippen LogP contribution is -2.46. The Morgan fingerprint density at radius 2 is 1.61 bits per heavy atom. The molecule has 1 saturated heterocycles. The van der Waals surface area contributed by atoms with Crippen molar-refractivity contribution >= 4 is 11.6 Å². The summed E-state index contributed by atoms with van der Waals surface area (Å²) in [5.41, 5.74) is 5.06. The predicted octanol–water partition coefficient (Wildman–Crippen LogP) is 4.68. The van der Waals surface area contributed by atoms with Gasteiger partial charge in [0.25, 0.3) is 5.91 Å². The van der Waals surface area contributed by atoms with E-state index in [4.69, 9.17) is 9.47 Å². The van der Waals surface area contributed by atoms with Gasteiger partial charge in [0, 0.05) is 56.1 Å². The Balaban J connectivity index is 1.39. The van der Waals surface area contributed by atoms with Crippen LogP contribution in [-0.2, 0) is 19.5 Å². The standard InChI is InChI=1S/C30H35N3O3/c1-4-10-23-19-26(20-28(35-2)29(23)36-3)30(34)31-21-24-11-8-9-12-25(24)22-32-15-17-33(18-16-32)27-13-6-5-7-14-27/h4-9,11-14,19-20H,1,10,15-18,21-22H2,2-3H3,(H,31,34). The third kappa shape index (κ3) is 6.07. The van der Waals surface area contributed by atoms with E-state index in [1.54, 1.807) is 26.4 Å². The van der Waals surface area contributed by atoms with Crippen LogP contribution in [0.5, 0.6) is 11.5 Å². The Morgan fingerprint density at radius 3 is 2.28 bits per heavy atom. The topological polar surface area (TPSA) is 54.0 Å². The Morgan fingerprint density at radius 1 is 0.917 bits per heavy atom. The molecule has 3 aromatic carbocycles. The van der Waals surface area contributed by atoms with Crippen LogP contribution in [0.1, 0.15) is 27.0 Å². The van der Waals surface area contributed by atoms with Crippen LogP contribution in [0.3, 0.4) is 0 Å². The molecule has 6 nitrogen and oxygen atoms in total. The van der Waals surface area contributed by atoms with Crippen LogP contribution in [0.25, 0.3) is 0 Å². The minimum atomic E-state index is -0.146. The molecule has 1 fully saturated rings. The summed E-state index contributed by atoms with van der Waals surface area (Å²) in [5, 5.41) is 3.09. The van der Waals surface area contributed by atoms with Crippen molar-refractivity contribution in [1.82, 2.24) is 10.2 Å². The largest absolute Gasteiger partial charge is 0.493 e. The second-order valence-corrected chi connectivity index (χ2v) is 8.91. The number of ether oxygens (including phenoxy) is 2. The summed E-state index contributed by atoms with van der Waals surface area (Å²) in [7, 11) is 3.18. The average Bonchev–Trinajstić information content (AvgIpc) is 2.93. The van der Waals surface area contributed by atoms with Gasteiger partial charge in [-0.3, -0.25) is 9.69 Å². The van der Waals surface area contributed by atoms with Crippen molar-refractivity contribution in [2.45, 2.75) is 19.5 Å². The van der Waals surface area contributed by atoms with Crippen LogP contribution >= 0.6 is 0 Å². The number of carbonyl (C=O) groups is 1. The number of amides is 1. The van der Waals surface area contributed by atoms with Gasteiger partial charge in [0.2, 0.25) is 0 Å². The Hall–Kier alpha value is -3.77. The molecule has 4 rings (SSSR count). The minimum Gasteiger partial charge on any atom is -0.493 e. The van der Waals surface area contributed by atoms with Crippen molar-refractivity contribution in [2.75, 3.05) is 45.3 Å². The van der Waals surface area contributed by atoms with Crippen LogP contribution in [0.4, 0.5) is 5.69 Å². The van der Waals surface area contributed by atoms with Gasteiger partial charge in [-0.15, -0.1) is 6.58 Å². The maximum absolute atomic E-state index is 13.1. The molecule has 3 aromatic rings. The summed E-state index contributed by atoms with van der Waals surface area (Å²) in [6.07, 6.45) is 2.37. The molecule has 0 aromatic heterocycles. The van der Waals surface area contributed by atoms with Crippen molar-refractivity contribution < 1.29 is 14.3 Å². The van der Waals surface area contributed by atoms with E-state index in [-0.39, 0.29) is 5.91 Å². The Kier molecular flexibility index (Phi) is 8.63. The first kappa shape index (κ1) is 25.3. The van der Waals surface area contributed by atoms with Gasteiger partial charge in [0.15, 0.2) is 11.5 Å². The molecule has 0 aliphatic carbocycles. The van der Waals surface area contributed by atoms with Crippen LogP contribution in [-0.4, -0.2) is 51.2 Å². The fourth-order valence-electron chi connectivity index (χ4n) is 4.69. The number of hydrogen-bond acceptors (Lipinski definition) is 5. The third-order valence-electron chi connectivity index (χ3n) is 6.63. The summed E-state index contributed by atoms with van der Waals surface area (Å²) in [6.45, 7) is 9.18. The molecule has 0 saturated carbocycles. The van der Waals surface area contributed by atoms with E-state index < -0.39 is 0 Å². The third-order valence-corrected chi connectivity index (χ3v) is 6.63. The Labute approximate surface area is 214 Å². The molecule has 0 radical (unpaired) electrons. The zero-order valence-electron chi connectivity index (χ0n) is 21.2. The molecule has 1 N–H and O–H groups in total. The lowest BCUT2D eigenvalue weighted by atomic mass is 10.0. The van der Waals surface area contributed by atoms with Gasteiger partial charge in [0.05, 0.1) is 14.2 Å². The summed E-state index contributed by atoms with van der Waals surface area (Å²) < 4.78 is 11.0. The van der Waals surface area contributed by atoms with Crippen molar-refractivity contribution in [3.05, 3.63) is 102 Å². The number of methoxy groups -OCH3 is 2. The number of anilines is 1. The number of piperazine rings is 1. The summed E-state index contributed by atoms with van der Waals surface area (Å²) >= 11 is 0. The second kappa shape index (κ2) is 12.3. The van der Waals surface area contributed by atoms with Crippen molar-refractivity contribution in [2.24, 2.45) is 0 Å². The van der Waals surface area contributed by atoms with E-state index >= 15 is 0 Å². The number of carbonyl (C=O) groups excluding carboxylic acids is 1. The smallest absolute Gasteiger partial charge is 0.251 e. The number of nitrogens with one attached hydrogen (secondary N) is 1. The van der Waals surface area contributed by atoms with E-state index in [0.717, 1.165) is 43.9 Å². The molecule has 36 heavy (non-hydrogen) atoms. The van der Waals surface area contributed by atoms with Crippen LogP contribution < -0.4 is 19.7 Å². The highest BCUT2D eigenvalue weighted by Crippen LogP contribution is 2.33. The number of rotatable bonds is 10. The molecular formula is C30H35N3O3. The van der Waals surface area contributed by atoms with E-state index in [0.29, 0.717) is 30.0 Å². The zero-order valence-corrected chi connectivity index (χ0v) is 21.2. The van der Waals surface area contributed by atoms with Crippen molar-refractivity contribution in [3.8, 4) is 11.5 Å². The van der Waals surface area contributed by atoms with E-state index in [9.17, 15) is 4.79 Å². The first-order valence-electron chi connectivity index (χ1n) is 12.4. The molecule has 0 unspecified atom stereocenters. The summed E-state index contributed by atoms with van der Waals surface area (Å²) in [5.74, 6) is 1.02. The van der Waals surface area contributed by atoms with Crippen molar-refractivity contribution in [1.29, 1.82) is 0 Å². The van der Waals surface area contributed by atoms with Gasteiger partial charge in [0.1, 0.15) is 0 Å². The number of hydrogen-bond donors (Lipinski definition) is 1. The average molecular weight is 486 g/mol. The van der Waals surface area contributed by atoms with E-state index in [1.807, 2.05) is 12.1 Å². The minimum absolute atomic E-state index is 0.146. The maximum atomic E-state index is 13.1. The predicted molar refractivity (Wildman–Crippen MR) is 145 cm³/mol. The molecule has 6 heteroatoms. The molecule has 188 valence electrons. The number of nitrogens with zero attached hydrogens (tertiary/aromatic N) is 2. The fourth-order valence-corrected chi connectivity index (χ4v) is 4.69. The first-order valence-corrected chi connectivity index (χ1v) is 12.4. The highest BCUT2D eigenvalue weighted by Gasteiger charge is 2.19. The normalized spacial score (nSPS) is 13.8. The number of para-hydroxylation sites is 1. The molecule has 0 bridgehead atoms. The van der Waals surface area contributed by atoms with Crippen molar-refractivity contribution in [3.63, 3.8) is 0 Å². The van der Waals surface area contributed by atoms with Crippen LogP contribution in [0.15, 0.2) is 79.4 Å². The molecule has 0 spiro atoms. The fraction of sp³-hybridized carbons (Fsp3) is 0.300. The molecule has 0 atom stereocenters. The molecular weight excluding hydrogens is 450 g/mol. The molecule has 1 amide bonds. The van der Waals surface area contributed by atoms with Crippen LogP contribution in [0, 0.1) is 0 Å². The van der Waals surface area contributed by atoms with E-state index in [2.05, 4.69) is 70.2 Å². The summed E-state index contributed by atoms with van der Waals surface area (Å²) in [4.78, 5) is 18.0. The second-order valence-electron chi connectivity index (χ2n) is 8.91. The van der Waals surface area contributed by atoms with Gasteiger partial charge in [-0.2, -0.15) is 0 Å². The number of benzene rings is 3. The monoisotopic (exact) mass is 485 g/mol. The van der Waals surface area contributed by atoms with Gasteiger partial charge < -0.3 is 19.7 Å². The molecule has 1 heterocycles. The molecule has 1 aliphatic heterocycles. The van der Waals surface area contributed by atoms with Gasteiger partial charge >= 0.3 is 0 Å². The lowest BCUT2D eigenvalue weighted by molar-refractivity contribution is 0.0950. The van der Waals surface area contributed by atoms with Gasteiger partial charge in [-0.05, 0) is 41.8 Å². The van der Waals surface area contributed by atoms with Gasteiger partial charge in [-0.1, -0.05) is 48.5 Å².